The Bertz CT molecular complexity index is 1250. The van der Waals surface area contributed by atoms with Gasteiger partial charge in [-0.1, -0.05) is 39.5 Å². The molecule has 2 aliphatic carbocycles. The first-order valence-electron chi connectivity index (χ1n) is 11.9. The number of hydrogen-bond donors (Lipinski definition) is 0. The number of carbonyl (C=O) groups is 1. The van der Waals surface area contributed by atoms with Gasteiger partial charge in [0.25, 0.3) is 5.84 Å². The van der Waals surface area contributed by atoms with Crippen LogP contribution >= 0.6 is 23.2 Å². The van der Waals surface area contributed by atoms with E-state index in [4.69, 9.17) is 27.9 Å². The van der Waals surface area contributed by atoms with E-state index in [1.807, 2.05) is 12.1 Å². The summed E-state index contributed by atoms with van der Waals surface area (Å²) in [6.45, 7) is 6.18. The van der Waals surface area contributed by atoms with Gasteiger partial charge in [0.05, 0.1) is 11.3 Å². The van der Waals surface area contributed by atoms with Crippen LogP contribution in [0.3, 0.4) is 0 Å². The van der Waals surface area contributed by atoms with Crippen LogP contribution < -0.4 is 0 Å². The second-order valence-electron chi connectivity index (χ2n) is 10.3. The van der Waals surface area contributed by atoms with Gasteiger partial charge in [0.2, 0.25) is 12.0 Å². The molecule has 7 nitrogen and oxygen atoms in total. The summed E-state index contributed by atoms with van der Waals surface area (Å²) in [5.74, 6) is 0.539. The fraction of sp³-hybridized carbons (Fsp3) is 0.423. The average Bonchev–Trinajstić information content (AvgIpc) is 3.18. The molecule has 2 aliphatic heterocycles. The lowest BCUT2D eigenvalue weighted by Crippen LogP contribution is -2.62. The van der Waals surface area contributed by atoms with Crippen molar-refractivity contribution in [1.82, 2.24) is 4.98 Å². The zero-order valence-corrected chi connectivity index (χ0v) is 21.6. The predicted octanol–water partition coefficient (Wildman–Crippen LogP) is 6.02. The van der Waals surface area contributed by atoms with E-state index in [1.54, 1.807) is 30.9 Å². The Hall–Kier alpha value is -2.61. The van der Waals surface area contributed by atoms with E-state index in [2.05, 4.69) is 41.0 Å². The summed E-state index contributed by atoms with van der Waals surface area (Å²) < 4.78 is 6.24. The Kier molecular flexibility index (Phi) is 6.28. The van der Waals surface area contributed by atoms with Crippen LogP contribution in [-0.4, -0.2) is 45.5 Å². The molecule has 0 aromatic carbocycles. The average molecular weight is 513 g/mol. The molecule has 5 rings (SSSR count). The molecule has 1 aromatic heterocycles. The van der Waals surface area contributed by atoms with Gasteiger partial charge in [-0.2, -0.15) is 4.48 Å². The summed E-state index contributed by atoms with van der Waals surface area (Å²) in [5, 5.41) is 9.84. The predicted molar refractivity (Wildman–Crippen MR) is 138 cm³/mol. The van der Waals surface area contributed by atoms with Crippen LogP contribution in [0.4, 0.5) is 0 Å². The molecule has 0 N–H and O–H groups in total. The number of halogens is 2. The van der Waals surface area contributed by atoms with Gasteiger partial charge in [0, 0.05) is 34.3 Å². The SMILES string of the molecule is CC(C)(C)[N+]12C=NN=C1C=NC1=CC(Cl)=CCC1=C2C(=O)OC1CCC(c2cc(Cl)ccn2)CC1. The molecule has 182 valence electrons. The number of allylic oxidation sites excluding steroid dienone is 4. The van der Waals surface area contributed by atoms with Gasteiger partial charge in [-0.15, -0.1) is 0 Å². The van der Waals surface area contributed by atoms with Crippen molar-refractivity contribution in [3.8, 4) is 0 Å². The van der Waals surface area contributed by atoms with E-state index in [0.717, 1.165) is 37.0 Å². The second-order valence-corrected chi connectivity index (χ2v) is 11.1. The van der Waals surface area contributed by atoms with Crippen LogP contribution in [-0.2, 0) is 9.53 Å². The number of fused-ring (bicyclic) bond motifs is 2. The summed E-state index contributed by atoms with van der Waals surface area (Å²) >= 11 is 12.4. The molecule has 1 unspecified atom stereocenters. The summed E-state index contributed by atoms with van der Waals surface area (Å²) in [6.07, 6.45) is 12.4. The van der Waals surface area contributed by atoms with E-state index >= 15 is 0 Å². The summed E-state index contributed by atoms with van der Waals surface area (Å²) in [5.41, 5.74) is 2.50. The maximum Gasteiger partial charge on any atom is 0.394 e. The Morgan fingerprint density at radius 3 is 2.66 bits per heavy atom. The molecule has 3 heterocycles. The van der Waals surface area contributed by atoms with Gasteiger partial charge >= 0.3 is 5.97 Å². The van der Waals surface area contributed by atoms with Gasteiger partial charge in [-0.25, -0.2) is 9.79 Å². The first kappa shape index (κ1) is 24.1. The molecule has 1 fully saturated rings. The fourth-order valence-electron chi connectivity index (χ4n) is 5.28. The number of carbonyl (C=O) groups excluding carboxylic acids is 1. The van der Waals surface area contributed by atoms with Crippen molar-refractivity contribution in [3.05, 3.63) is 63.2 Å². The van der Waals surface area contributed by atoms with Crippen molar-refractivity contribution in [1.29, 1.82) is 0 Å². The molecule has 35 heavy (non-hydrogen) atoms. The van der Waals surface area contributed by atoms with Crippen molar-refractivity contribution in [2.24, 2.45) is 15.2 Å². The van der Waals surface area contributed by atoms with Crippen molar-refractivity contribution >= 4 is 47.6 Å². The molecule has 1 aromatic rings. The molecule has 1 atom stereocenters. The Morgan fingerprint density at radius 2 is 1.94 bits per heavy atom. The maximum atomic E-state index is 14.0. The number of quaternary nitrogens is 1. The summed E-state index contributed by atoms with van der Waals surface area (Å²) in [6, 6.07) is 3.71. The maximum absolute atomic E-state index is 14.0. The van der Waals surface area contributed by atoms with E-state index in [-0.39, 0.29) is 16.6 Å². The van der Waals surface area contributed by atoms with Crippen LogP contribution in [0, 0.1) is 0 Å². The minimum atomic E-state index is -0.456. The first-order chi connectivity index (χ1) is 16.7. The van der Waals surface area contributed by atoms with Crippen molar-refractivity contribution in [3.63, 3.8) is 0 Å². The smallest absolute Gasteiger partial charge is 0.394 e. The number of aromatic nitrogens is 1. The Morgan fingerprint density at radius 1 is 1.17 bits per heavy atom. The highest BCUT2D eigenvalue weighted by molar-refractivity contribution is 6.32. The lowest BCUT2D eigenvalue weighted by Gasteiger charge is -2.41. The normalized spacial score (nSPS) is 28.0. The standard InChI is InChI=1S/C26H28Cl2N5O2/c1-26(2,3)33-15-31-32-23(33)14-30-22-13-17(27)6-9-20(22)24(33)25(34)35-19-7-4-16(5-8-19)21-12-18(28)10-11-29-21/h6,10-16,19H,4-5,7-9H2,1-3H3/q+1. The van der Waals surface area contributed by atoms with Crippen LogP contribution in [0.2, 0.25) is 5.02 Å². The number of esters is 1. The third-order valence-electron chi connectivity index (χ3n) is 7.15. The number of hydrogen-bond acceptors (Lipinski definition) is 6. The Balaban J connectivity index is 1.44. The topological polar surface area (TPSA) is 76.3 Å². The number of nitrogens with zero attached hydrogens (tertiary/aromatic N) is 5. The third-order valence-corrected chi connectivity index (χ3v) is 7.65. The highest BCUT2D eigenvalue weighted by atomic mass is 35.5. The molecular weight excluding hydrogens is 485 g/mol. The van der Waals surface area contributed by atoms with E-state index < -0.39 is 5.54 Å². The second kappa shape index (κ2) is 9.12. The van der Waals surface area contributed by atoms with Crippen LogP contribution in [0.15, 0.2) is 67.7 Å². The molecule has 0 saturated heterocycles. The van der Waals surface area contributed by atoms with Gasteiger partial charge in [0.1, 0.15) is 17.9 Å². The van der Waals surface area contributed by atoms with Crippen molar-refractivity contribution < 1.29 is 14.0 Å². The minimum Gasteiger partial charge on any atom is -0.455 e. The van der Waals surface area contributed by atoms with Crippen molar-refractivity contribution in [2.75, 3.05) is 0 Å². The number of rotatable bonds is 3. The largest absolute Gasteiger partial charge is 0.455 e. The van der Waals surface area contributed by atoms with Crippen LogP contribution in [0.5, 0.6) is 0 Å². The third kappa shape index (κ3) is 4.30. The molecule has 0 bridgehead atoms. The van der Waals surface area contributed by atoms with E-state index in [0.29, 0.717) is 39.6 Å². The van der Waals surface area contributed by atoms with Gasteiger partial charge in [-0.05, 0) is 64.7 Å². The van der Waals surface area contributed by atoms with Gasteiger partial charge in [0.15, 0.2) is 0 Å². The fourth-order valence-corrected chi connectivity index (χ4v) is 5.63. The highest BCUT2D eigenvalue weighted by Crippen LogP contribution is 2.42. The lowest BCUT2D eigenvalue weighted by atomic mass is 9.85. The van der Waals surface area contributed by atoms with Gasteiger partial charge < -0.3 is 4.74 Å². The number of ether oxygens (including phenoxy) is 1. The molecule has 0 amide bonds. The zero-order valence-electron chi connectivity index (χ0n) is 20.0. The lowest BCUT2D eigenvalue weighted by molar-refractivity contribution is -0.747. The first-order valence-corrected chi connectivity index (χ1v) is 12.6. The zero-order chi connectivity index (χ0) is 24.8. The van der Waals surface area contributed by atoms with E-state index in [1.165, 1.54) is 0 Å². The minimum absolute atomic E-state index is 0.0508. The molecule has 4 aliphatic rings. The quantitative estimate of drug-likeness (QED) is 0.366. The van der Waals surface area contributed by atoms with Crippen molar-refractivity contribution in [2.45, 2.75) is 70.4 Å². The molecule has 0 radical (unpaired) electrons. The summed E-state index contributed by atoms with van der Waals surface area (Å²) in [4.78, 5) is 23.1. The molecule has 9 heteroatoms. The molecular formula is C26H28Cl2N5O2+. The Labute approximate surface area is 215 Å². The van der Waals surface area contributed by atoms with Crippen LogP contribution in [0.1, 0.15) is 64.5 Å². The molecule has 0 spiro atoms. The highest BCUT2D eigenvalue weighted by Gasteiger charge is 2.56. The summed E-state index contributed by atoms with van der Waals surface area (Å²) in [7, 11) is 0. The van der Waals surface area contributed by atoms with Crippen LogP contribution in [0.25, 0.3) is 0 Å². The monoisotopic (exact) mass is 512 g/mol. The van der Waals surface area contributed by atoms with Gasteiger partial charge in [-0.3, -0.25) is 4.98 Å². The number of aliphatic imine (C=N–C) groups is 1. The molecule has 1 saturated carbocycles. The number of pyridine rings is 1. The number of amidine groups is 1. The van der Waals surface area contributed by atoms with E-state index in [9.17, 15) is 4.79 Å².